The minimum Gasteiger partial charge on any atom is -0.494 e. The van der Waals surface area contributed by atoms with Crippen molar-refractivity contribution in [2.24, 2.45) is 5.92 Å². The fourth-order valence-electron chi connectivity index (χ4n) is 4.97. The number of pyridine rings is 1. The number of rotatable bonds is 6. The molecule has 0 aromatic carbocycles. The molecule has 2 aliphatic rings. The van der Waals surface area contributed by atoms with E-state index in [1.165, 1.54) is 12.3 Å². The van der Waals surface area contributed by atoms with Gasteiger partial charge < -0.3 is 15.0 Å². The normalized spacial score (nSPS) is 20.2. The lowest BCUT2D eigenvalue weighted by atomic mass is 9.79. The Morgan fingerprint density at radius 3 is 2.66 bits per heavy atom. The fraction of sp³-hybridized carbons (Fsp3) is 0.400. The number of aromatic nitrogens is 4. The van der Waals surface area contributed by atoms with Crippen LogP contribution in [0, 0.1) is 17.2 Å². The number of nitrogens with one attached hydrogen (secondary N) is 1. The van der Waals surface area contributed by atoms with Gasteiger partial charge in [0.05, 0.1) is 25.5 Å². The minimum absolute atomic E-state index is 0.00767. The number of carbonyl (C=O) groups is 2. The lowest BCUT2D eigenvalue weighted by molar-refractivity contribution is -0.141. The molecule has 0 radical (unpaired) electrons. The number of hydrogen-bond donors (Lipinski definition) is 1. The van der Waals surface area contributed by atoms with E-state index in [0.717, 1.165) is 24.0 Å². The Morgan fingerprint density at radius 1 is 1.20 bits per heavy atom. The highest BCUT2D eigenvalue weighted by Gasteiger charge is 2.38. The topological polar surface area (TPSA) is 118 Å². The van der Waals surface area contributed by atoms with Crippen LogP contribution in [0.2, 0.25) is 0 Å². The molecule has 1 saturated carbocycles. The Bertz CT molecular complexity index is 1320. The predicted molar refractivity (Wildman–Crippen MR) is 127 cm³/mol. The molecule has 180 valence electrons. The second kappa shape index (κ2) is 9.25. The van der Waals surface area contributed by atoms with E-state index in [2.05, 4.69) is 28.2 Å². The summed E-state index contributed by atoms with van der Waals surface area (Å²) in [4.78, 5) is 26.2. The van der Waals surface area contributed by atoms with Crippen molar-refractivity contribution >= 4 is 17.3 Å². The molecule has 4 heterocycles. The van der Waals surface area contributed by atoms with Crippen LogP contribution in [-0.2, 0) is 9.59 Å². The van der Waals surface area contributed by atoms with Crippen molar-refractivity contribution in [3.8, 4) is 22.9 Å². The van der Waals surface area contributed by atoms with Gasteiger partial charge in [-0.15, -0.1) is 0 Å². The van der Waals surface area contributed by atoms with Gasteiger partial charge >= 0.3 is 0 Å². The van der Waals surface area contributed by atoms with Crippen LogP contribution in [0.4, 0.5) is 0 Å². The van der Waals surface area contributed by atoms with Crippen molar-refractivity contribution in [1.82, 2.24) is 29.6 Å². The van der Waals surface area contributed by atoms with Gasteiger partial charge in [0.2, 0.25) is 11.8 Å². The Morgan fingerprint density at radius 2 is 1.97 bits per heavy atom. The van der Waals surface area contributed by atoms with Crippen molar-refractivity contribution in [2.45, 2.75) is 37.8 Å². The zero-order valence-corrected chi connectivity index (χ0v) is 19.6. The van der Waals surface area contributed by atoms with Crippen LogP contribution in [0.1, 0.15) is 37.3 Å². The largest absolute Gasteiger partial charge is 0.494 e. The van der Waals surface area contributed by atoms with E-state index in [1.807, 2.05) is 34.2 Å². The second-order valence-corrected chi connectivity index (χ2v) is 9.10. The third-order valence-electron chi connectivity index (χ3n) is 7.02. The first-order valence-electron chi connectivity index (χ1n) is 11.7. The third-order valence-corrected chi connectivity index (χ3v) is 7.02. The molecular weight excluding hydrogens is 446 g/mol. The summed E-state index contributed by atoms with van der Waals surface area (Å²) >= 11 is 0. The molecule has 2 fully saturated rings. The van der Waals surface area contributed by atoms with E-state index < -0.39 is 0 Å². The molecule has 0 bridgehead atoms. The molecule has 10 nitrogen and oxygen atoms in total. The van der Waals surface area contributed by atoms with Crippen LogP contribution in [0.5, 0.6) is 5.75 Å². The van der Waals surface area contributed by atoms with Crippen LogP contribution in [0.3, 0.4) is 0 Å². The number of ether oxygens (including phenoxy) is 1. The van der Waals surface area contributed by atoms with Crippen molar-refractivity contribution in [3.63, 3.8) is 0 Å². The highest BCUT2D eigenvalue weighted by Crippen LogP contribution is 2.33. The molecule has 3 aromatic rings. The van der Waals surface area contributed by atoms with E-state index in [1.54, 1.807) is 11.6 Å². The fourth-order valence-corrected chi connectivity index (χ4v) is 4.97. The van der Waals surface area contributed by atoms with Crippen molar-refractivity contribution in [1.29, 1.82) is 5.26 Å². The van der Waals surface area contributed by atoms with Crippen LogP contribution >= 0.6 is 0 Å². The van der Waals surface area contributed by atoms with Crippen molar-refractivity contribution in [2.75, 3.05) is 20.2 Å². The summed E-state index contributed by atoms with van der Waals surface area (Å²) in [5.41, 5.74) is 2.93. The van der Waals surface area contributed by atoms with Crippen molar-refractivity contribution in [3.05, 3.63) is 49.1 Å². The smallest absolute Gasteiger partial charge is 0.243 e. The minimum atomic E-state index is -0.185. The quantitative estimate of drug-likeness (QED) is 0.549. The Hall–Kier alpha value is -4.13. The number of nitriles is 1. The highest BCUT2D eigenvalue weighted by molar-refractivity contribution is 5.87. The molecule has 2 amide bonds. The number of amides is 2. The monoisotopic (exact) mass is 473 g/mol. The van der Waals surface area contributed by atoms with Gasteiger partial charge in [-0.3, -0.25) is 14.3 Å². The first kappa shape index (κ1) is 22.7. The highest BCUT2D eigenvalue weighted by atomic mass is 16.5. The summed E-state index contributed by atoms with van der Waals surface area (Å²) < 4.78 is 9.14. The Labute approximate surface area is 202 Å². The predicted octanol–water partition coefficient (Wildman–Crippen LogP) is 2.32. The number of carbonyl (C=O) groups excluding carboxylic acids is 2. The summed E-state index contributed by atoms with van der Waals surface area (Å²) in [7, 11) is 1.58. The molecule has 1 aliphatic heterocycles. The van der Waals surface area contributed by atoms with Gasteiger partial charge in [0.15, 0.2) is 0 Å². The van der Waals surface area contributed by atoms with Crippen molar-refractivity contribution < 1.29 is 14.3 Å². The number of likely N-dealkylation sites (tertiary alicyclic amines) is 1. The standard InChI is InChI=1S/C25H27N7O3/c1-3-23(33)29-20-8-16(9-20)25(34)30-6-4-21(5-7-30)31-15-19(13-27-31)17-10-22(35-2)24-18(11-26)12-28-32(24)14-17/h3,10,12-16,20-21H,1,4-9H2,2H3,(H,29,33). The van der Waals surface area contributed by atoms with E-state index in [9.17, 15) is 14.9 Å². The first-order chi connectivity index (χ1) is 17.0. The van der Waals surface area contributed by atoms with Gasteiger partial charge in [0.25, 0.3) is 0 Å². The number of piperidine rings is 1. The molecule has 0 atom stereocenters. The maximum absolute atomic E-state index is 12.8. The average Bonchev–Trinajstić information content (AvgIpc) is 3.52. The molecule has 1 N–H and O–H groups in total. The van der Waals surface area contributed by atoms with E-state index in [-0.39, 0.29) is 29.8 Å². The molecule has 0 unspecified atom stereocenters. The zero-order valence-electron chi connectivity index (χ0n) is 19.6. The second-order valence-electron chi connectivity index (χ2n) is 9.10. The SMILES string of the molecule is C=CC(=O)NC1CC(C(=O)N2CCC(n3cc(-c4cc(OC)c5c(C#N)cnn5c4)cn3)CC2)C1. The molecule has 5 rings (SSSR count). The summed E-state index contributed by atoms with van der Waals surface area (Å²) in [6.07, 6.45) is 11.5. The number of nitrogens with zero attached hydrogens (tertiary/aromatic N) is 6. The lowest BCUT2D eigenvalue weighted by Gasteiger charge is -2.40. The van der Waals surface area contributed by atoms with Crippen LogP contribution in [-0.4, -0.2) is 62.3 Å². The van der Waals surface area contributed by atoms with Crippen LogP contribution in [0.25, 0.3) is 16.6 Å². The summed E-state index contributed by atoms with van der Waals surface area (Å²) in [6, 6.07) is 4.32. The molecule has 35 heavy (non-hydrogen) atoms. The molecular formula is C25H27N7O3. The lowest BCUT2D eigenvalue weighted by Crippen LogP contribution is -2.51. The first-order valence-corrected chi connectivity index (χ1v) is 11.7. The van der Waals surface area contributed by atoms with Crippen LogP contribution in [0.15, 0.2) is 43.5 Å². The van der Waals surface area contributed by atoms with Gasteiger partial charge in [-0.25, -0.2) is 4.52 Å². The average molecular weight is 474 g/mol. The van der Waals surface area contributed by atoms with E-state index in [4.69, 9.17) is 4.74 Å². The molecule has 1 saturated heterocycles. The summed E-state index contributed by atoms with van der Waals surface area (Å²) in [5, 5.41) is 21.0. The third kappa shape index (κ3) is 4.25. The maximum Gasteiger partial charge on any atom is 0.243 e. The Balaban J connectivity index is 1.21. The maximum atomic E-state index is 12.8. The molecule has 0 spiro atoms. The Kier molecular flexibility index (Phi) is 5.99. The van der Waals surface area contributed by atoms with Gasteiger partial charge in [0.1, 0.15) is 22.9 Å². The number of fused-ring (bicyclic) bond motifs is 1. The number of hydrogen-bond acceptors (Lipinski definition) is 6. The zero-order chi connectivity index (χ0) is 24.5. The summed E-state index contributed by atoms with van der Waals surface area (Å²) in [5.74, 6) is 0.574. The van der Waals surface area contributed by atoms with E-state index in [0.29, 0.717) is 42.8 Å². The van der Waals surface area contributed by atoms with Crippen LogP contribution < -0.4 is 10.1 Å². The van der Waals surface area contributed by atoms with E-state index >= 15 is 0 Å². The summed E-state index contributed by atoms with van der Waals surface area (Å²) in [6.45, 7) is 4.85. The van der Waals surface area contributed by atoms with Gasteiger partial charge in [0, 0.05) is 48.6 Å². The van der Waals surface area contributed by atoms with Gasteiger partial charge in [-0.1, -0.05) is 6.58 Å². The molecule has 1 aliphatic carbocycles. The molecule has 10 heteroatoms. The molecule has 3 aromatic heterocycles. The number of methoxy groups -OCH3 is 1. The van der Waals surface area contributed by atoms with Gasteiger partial charge in [-0.05, 0) is 37.8 Å². The van der Waals surface area contributed by atoms with Gasteiger partial charge in [-0.2, -0.15) is 15.5 Å².